The van der Waals surface area contributed by atoms with Gasteiger partial charge in [0.05, 0.1) is 0 Å². The average Bonchev–Trinajstić information content (AvgIpc) is 2.40. The molecule has 0 bridgehead atoms. The molecule has 2 rings (SSSR count). The van der Waals surface area contributed by atoms with Crippen LogP contribution in [0.4, 0.5) is 8.78 Å². The molecule has 0 aliphatic carbocycles. The van der Waals surface area contributed by atoms with Crippen molar-refractivity contribution >= 4 is 12.4 Å². The fourth-order valence-electron chi connectivity index (χ4n) is 2.44. The maximum atomic E-state index is 12.8. The first-order valence-electron chi connectivity index (χ1n) is 6.32. The van der Waals surface area contributed by atoms with Crippen molar-refractivity contribution < 1.29 is 19.0 Å². The second-order valence-electron chi connectivity index (χ2n) is 4.67. The molecule has 1 atom stereocenters. The minimum atomic E-state index is -2.46. The third-order valence-electron chi connectivity index (χ3n) is 3.36. The van der Waals surface area contributed by atoms with Gasteiger partial charge in [0.1, 0.15) is 11.5 Å². The summed E-state index contributed by atoms with van der Waals surface area (Å²) in [4.78, 5) is 1.91. The minimum absolute atomic E-state index is 0. The van der Waals surface area contributed by atoms with Gasteiger partial charge in [0, 0.05) is 44.2 Å². The molecule has 1 aliphatic heterocycles. The highest BCUT2D eigenvalue weighted by Crippen LogP contribution is 2.35. The molecule has 1 aromatic carbocycles. The van der Waals surface area contributed by atoms with E-state index in [0.29, 0.717) is 18.7 Å². The lowest BCUT2D eigenvalue weighted by Gasteiger charge is -2.35. The lowest BCUT2D eigenvalue weighted by Crippen LogP contribution is -2.45. The Morgan fingerprint density at radius 2 is 1.85 bits per heavy atom. The first-order valence-corrected chi connectivity index (χ1v) is 6.32. The van der Waals surface area contributed by atoms with Crippen LogP contribution in [0.15, 0.2) is 18.2 Å². The number of hydrogen-bond donors (Lipinski definition) is 3. The highest BCUT2D eigenvalue weighted by atomic mass is 35.5. The highest BCUT2D eigenvalue weighted by Gasteiger charge is 2.27. The van der Waals surface area contributed by atoms with Crippen LogP contribution in [0.2, 0.25) is 0 Å². The molecule has 114 valence electrons. The molecule has 1 heterocycles. The monoisotopic (exact) mass is 308 g/mol. The predicted octanol–water partition coefficient (Wildman–Crippen LogP) is 2.12. The van der Waals surface area contributed by atoms with Gasteiger partial charge < -0.3 is 15.5 Å². The number of piperazine rings is 1. The first kappa shape index (κ1) is 16.9. The van der Waals surface area contributed by atoms with Crippen molar-refractivity contribution in [3.05, 3.63) is 23.8 Å². The zero-order valence-corrected chi connectivity index (χ0v) is 11.7. The van der Waals surface area contributed by atoms with E-state index in [9.17, 15) is 19.0 Å². The number of nitrogens with one attached hydrogen (secondary N) is 1. The Hall–Kier alpha value is -1.11. The van der Waals surface area contributed by atoms with Crippen LogP contribution < -0.4 is 5.32 Å². The van der Waals surface area contributed by atoms with E-state index < -0.39 is 12.5 Å². The average molecular weight is 309 g/mol. The maximum Gasteiger partial charge on any atom is 0.240 e. The maximum absolute atomic E-state index is 12.8. The molecule has 0 amide bonds. The van der Waals surface area contributed by atoms with Gasteiger partial charge in [0.2, 0.25) is 6.43 Å². The molecule has 1 aliphatic rings. The fraction of sp³-hybridized carbons (Fsp3) is 0.538. The summed E-state index contributed by atoms with van der Waals surface area (Å²) in [5.41, 5.74) is 0.363. The van der Waals surface area contributed by atoms with Crippen LogP contribution in [-0.4, -0.2) is 47.7 Å². The van der Waals surface area contributed by atoms with Gasteiger partial charge in [-0.3, -0.25) is 4.90 Å². The summed E-state index contributed by atoms with van der Waals surface area (Å²) in [5.74, 6) is -0.0795. The van der Waals surface area contributed by atoms with Crippen LogP contribution in [0.5, 0.6) is 11.5 Å². The topological polar surface area (TPSA) is 55.7 Å². The molecule has 7 heteroatoms. The van der Waals surface area contributed by atoms with Gasteiger partial charge in [-0.05, 0) is 18.2 Å². The lowest BCUT2D eigenvalue weighted by atomic mass is 10.00. The highest BCUT2D eigenvalue weighted by molar-refractivity contribution is 5.85. The summed E-state index contributed by atoms with van der Waals surface area (Å²) in [6.45, 7) is 2.76. The van der Waals surface area contributed by atoms with Gasteiger partial charge in [0.15, 0.2) is 0 Å². The standard InChI is InChI=1S/C13H18F2N2O2.ClH/c14-13(15)8-11(17-5-3-16-4-6-17)10-7-9(18)1-2-12(10)19;/h1-2,7,11,13,16,18-19H,3-6,8H2;1H/t11-;/m1./s1. The van der Waals surface area contributed by atoms with E-state index in [1.165, 1.54) is 18.2 Å². The number of rotatable bonds is 4. The molecular weight excluding hydrogens is 290 g/mol. The smallest absolute Gasteiger partial charge is 0.240 e. The molecule has 0 spiro atoms. The first-order chi connectivity index (χ1) is 9.08. The van der Waals surface area contributed by atoms with Gasteiger partial charge in [-0.25, -0.2) is 8.78 Å². The van der Waals surface area contributed by atoms with Crippen LogP contribution in [0.25, 0.3) is 0 Å². The van der Waals surface area contributed by atoms with E-state index in [-0.39, 0.29) is 30.3 Å². The van der Waals surface area contributed by atoms with Gasteiger partial charge in [0.25, 0.3) is 0 Å². The molecule has 1 saturated heterocycles. The largest absolute Gasteiger partial charge is 0.508 e. The molecule has 0 unspecified atom stereocenters. The third kappa shape index (κ3) is 4.19. The molecule has 1 aromatic rings. The Labute approximate surface area is 122 Å². The number of nitrogens with zero attached hydrogens (tertiary/aromatic N) is 1. The summed E-state index contributed by atoms with van der Waals surface area (Å²) in [6.07, 6.45) is -2.81. The molecule has 1 fully saturated rings. The van der Waals surface area contributed by atoms with Gasteiger partial charge in [-0.15, -0.1) is 12.4 Å². The fourth-order valence-corrected chi connectivity index (χ4v) is 2.44. The zero-order chi connectivity index (χ0) is 13.8. The van der Waals surface area contributed by atoms with E-state index in [0.717, 1.165) is 13.1 Å². The van der Waals surface area contributed by atoms with Crippen LogP contribution in [0.3, 0.4) is 0 Å². The second kappa shape index (κ2) is 7.61. The molecule has 0 radical (unpaired) electrons. The molecule has 0 aromatic heterocycles. The van der Waals surface area contributed by atoms with E-state index >= 15 is 0 Å². The minimum Gasteiger partial charge on any atom is -0.508 e. The van der Waals surface area contributed by atoms with E-state index in [1.807, 2.05) is 4.90 Å². The number of aromatic hydroxyl groups is 2. The normalized spacial score (nSPS) is 17.8. The number of benzene rings is 1. The van der Waals surface area contributed by atoms with Gasteiger partial charge in [-0.2, -0.15) is 0 Å². The number of hydrogen-bond acceptors (Lipinski definition) is 4. The number of phenols is 2. The summed E-state index contributed by atoms with van der Waals surface area (Å²) in [6, 6.07) is 3.47. The van der Waals surface area contributed by atoms with E-state index in [2.05, 4.69) is 5.32 Å². The van der Waals surface area contributed by atoms with Crippen molar-refractivity contribution in [1.29, 1.82) is 0 Å². The predicted molar refractivity (Wildman–Crippen MR) is 74.8 cm³/mol. The van der Waals surface area contributed by atoms with Crippen molar-refractivity contribution in [2.45, 2.75) is 18.9 Å². The zero-order valence-electron chi connectivity index (χ0n) is 10.9. The summed E-state index contributed by atoms with van der Waals surface area (Å²) in [5, 5.41) is 22.5. The van der Waals surface area contributed by atoms with Crippen molar-refractivity contribution in [3.8, 4) is 11.5 Å². The van der Waals surface area contributed by atoms with Crippen LogP contribution in [0.1, 0.15) is 18.0 Å². The molecule has 4 nitrogen and oxygen atoms in total. The molecular formula is C13H19ClF2N2O2. The van der Waals surface area contributed by atoms with E-state index in [4.69, 9.17) is 0 Å². The Bertz CT molecular complexity index is 429. The Morgan fingerprint density at radius 1 is 1.20 bits per heavy atom. The quantitative estimate of drug-likeness (QED) is 0.746. The van der Waals surface area contributed by atoms with Gasteiger partial charge in [-0.1, -0.05) is 0 Å². The second-order valence-corrected chi connectivity index (χ2v) is 4.67. The Kier molecular flexibility index (Phi) is 6.45. The van der Waals surface area contributed by atoms with Crippen molar-refractivity contribution in [2.24, 2.45) is 0 Å². The van der Waals surface area contributed by atoms with Gasteiger partial charge >= 0.3 is 0 Å². The van der Waals surface area contributed by atoms with Crippen LogP contribution in [0, 0.1) is 0 Å². The van der Waals surface area contributed by atoms with Crippen molar-refractivity contribution in [2.75, 3.05) is 26.2 Å². The molecule has 20 heavy (non-hydrogen) atoms. The van der Waals surface area contributed by atoms with Crippen molar-refractivity contribution in [1.82, 2.24) is 10.2 Å². The Morgan fingerprint density at radius 3 is 2.45 bits per heavy atom. The SMILES string of the molecule is Cl.Oc1ccc(O)c([C@@H](CC(F)F)N2CCNCC2)c1. The van der Waals surface area contributed by atoms with Crippen LogP contribution >= 0.6 is 12.4 Å². The lowest BCUT2D eigenvalue weighted by molar-refractivity contribution is 0.0729. The summed E-state index contributed by atoms with van der Waals surface area (Å²) in [7, 11) is 0. The number of halogens is 3. The van der Waals surface area contributed by atoms with E-state index in [1.54, 1.807) is 0 Å². The Balaban J connectivity index is 0.00000200. The number of alkyl halides is 2. The third-order valence-corrected chi connectivity index (χ3v) is 3.36. The van der Waals surface area contributed by atoms with Crippen LogP contribution in [-0.2, 0) is 0 Å². The molecule has 3 N–H and O–H groups in total. The van der Waals surface area contributed by atoms with Crippen molar-refractivity contribution in [3.63, 3.8) is 0 Å². The molecule has 0 saturated carbocycles. The summed E-state index contributed by atoms with van der Waals surface area (Å²) >= 11 is 0. The summed E-state index contributed by atoms with van der Waals surface area (Å²) < 4.78 is 25.5. The number of phenolic OH excluding ortho intramolecular Hbond substituents is 2.